The molecule has 0 unspecified atom stereocenters. The SMILES string of the molecule is C#CCn1nc(CNC(=O)C2CCCC2)c2ccccc2c1=O. The molecule has 5 nitrogen and oxygen atoms in total. The summed E-state index contributed by atoms with van der Waals surface area (Å²) in [6, 6.07) is 7.28. The van der Waals surface area contributed by atoms with Crippen LogP contribution in [0.15, 0.2) is 29.1 Å². The second kappa shape index (κ2) is 6.66. The van der Waals surface area contributed by atoms with Gasteiger partial charge in [-0.1, -0.05) is 37.0 Å². The molecule has 1 saturated carbocycles. The molecule has 0 atom stereocenters. The second-order valence-corrected chi connectivity index (χ2v) is 5.86. The second-order valence-electron chi connectivity index (χ2n) is 5.86. The van der Waals surface area contributed by atoms with Crippen molar-refractivity contribution in [2.75, 3.05) is 0 Å². The maximum atomic E-state index is 12.3. The first kappa shape index (κ1) is 15.3. The number of hydrogen-bond donors (Lipinski definition) is 1. The lowest BCUT2D eigenvalue weighted by molar-refractivity contribution is -0.124. The highest BCUT2D eigenvalue weighted by molar-refractivity contribution is 5.84. The van der Waals surface area contributed by atoms with E-state index in [9.17, 15) is 9.59 Å². The number of nitrogens with one attached hydrogen (secondary N) is 1. The van der Waals surface area contributed by atoms with Gasteiger partial charge in [-0.3, -0.25) is 9.59 Å². The molecule has 23 heavy (non-hydrogen) atoms. The van der Waals surface area contributed by atoms with Crippen molar-refractivity contribution >= 4 is 16.7 Å². The zero-order valence-electron chi connectivity index (χ0n) is 12.9. The van der Waals surface area contributed by atoms with Crippen molar-refractivity contribution in [1.29, 1.82) is 0 Å². The van der Waals surface area contributed by atoms with Gasteiger partial charge in [0.2, 0.25) is 5.91 Å². The Balaban J connectivity index is 1.90. The highest BCUT2D eigenvalue weighted by atomic mass is 16.2. The summed E-state index contributed by atoms with van der Waals surface area (Å²) >= 11 is 0. The lowest BCUT2D eigenvalue weighted by atomic mass is 10.1. The molecule has 1 heterocycles. The van der Waals surface area contributed by atoms with Gasteiger partial charge in [-0.15, -0.1) is 6.42 Å². The molecular formula is C18H19N3O2. The van der Waals surface area contributed by atoms with Crippen molar-refractivity contribution in [3.05, 3.63) is 40.3 Å². The minimum atomic E-state index is -0.204. The lowest BCUT2D eigenvalue weighted by Crippen LogP contribution is -2.31. The number of nitrogens with zero attached hydrogens (tertiary/aromatic N) is 2. The predicted molar refractivity (Wildman–Crippen MR) is 88.6 cm³/mol. The van der Waals surface area contributed by atoms with Gasteiger partial charge in [0.1, 0.15) is 6.54 Å². The monoisotopic (exact) mass is 309 g/mol. The number of rotatable bonds is 4. The maximum absolute atomic E-state index is 12.3. The normalized spacial score (nSPS) is 14.7. The van der Waals surface area contributed by atoms with Gasteiger partial charge in [0.05, 0.1) is 17.6 Å². The summed E-state index contributed by atoms with van der Waals surface area (Å²) in [5.74, 6) is 2.62. The van der Waals surface area contributed by atoms with Crippen LogP contribution >= 0.6 is 0 Å². The van der Waals surface area contributed by atoms with Crippen LogP contribution in [0, 0.1) is 18.3 Å². The molecule has 0 aliphatic heterocycles. The molecule has 3 rings (SSSR count). The first-order chi connectivity index (χ1) is 11.2. The zero-order valence-corrected chi connectivity index (χ0v) is 12.9. The van der Waals surface area contributed by atoms with Gasteiger partial charge in [-0.05, 0) is 18.9 Å². The highest BCUT2D eigenvalue weighted by Crippen LogP contribution is 2.24. The summed E-state index contributed by atoms with van der Waals surface area (Å²) in [6.45, 7) is 0.425. The topological polar surface area (TPSA) is 64.0 Å². The van der Waals surface area contributed by atoms with E-state index >= 15 is 0 Å². The lowest BCUT2D eigenvalue weighted by Gasteiger charge is -2.12. The van der Waals surface area contributed by atoms with Crippen LogP contribution in [0.3, 0.4) is 0 Å². The van der Waals surface area contributed by atoms with Crippen molar-refractivity contribution < 1.29 is 4.79 Å². The third-order valence-corrected chi connectivity index (χ3v) is 4.34. The summed E-state index contributed by atoms with van der Waals surface area (Å²) in [5, 5.41) is 8.62. The number of carbonyl (C=O) groups is 1. The molecule has 1 aliphatic rings. The van der Waals surface area contributed by atoms with Gasteiger partial charge < -0.3 is 5.32 Å². The smallest absolute Gasteiger partial charge is 0.275 e. The van der Waals surface area contributed by atoms with Crippen LogP contribution in [0.5, 0.6) is 0 Å². The molecule has 5 heteroatoms. The Kier molecular flexibility index (Phi) is 4.42. The number of fused-ring (bicyclic) bond motifs is 1. The van der Waals surface area contributed by atoms with Gasteiger partial charge in [-0.25, -0.2) is 4.68 Å². The van der Waals surface area contributed by atoms with Crippen molar-refractivity contribution in [2.45, 2.75) is 38.8 Å². The molecular weight excluding hydrogens is 290 g/mol. The van der Waals surface area contributed by atoms with Gasteiger partial charge in [0.25, 0.3) is 5.56 Å². The number of carbonyl (C=O) groups excluding carboxylic acids is 1. The quantitative estimate of drug-likeness (QED) is 0.877. The van der Waals surface area contributed by atoms with E-state index in [-0.39, 0.29) is 23.9 Å². The van der Waals surface area contributed by atoms with Gasteiger partial charge in [0.15, 0.2) is 0 Å². The van der Waals surface area contributed by atoms with Crippen molar-refractivity contribution in [3.8, 4) is 12.3 Å². The molecule has 0 bridgehead atoms. The standard InChI is InChI=1S/C18H19N3O2/c1-2-11-21-18(23)15-10-6-5-9-14(15)16(20-21)12-19-17(22)13-7-3-4-8-13/h1,5-6,9-10,13H,3-4,7-8,11-12H2,(H,19,22). The van der Waals surface area contributed by atoms with Crippen LogP contribution in [0.4, 0.5) is 0 Å². The minimum absolute atomic E-state index is 0.0723. The third-order valence-electron chi connectivity index (χ3n) is 4.34. The summed E-state index contributed by atoms with van der Waals surface area (Å²) in [6.07, 6.45) is 9.45. The Hall–Kier alpha value is -2.61. The van der Waals surface area contributed by atoms with Crippen molar-refractivity contribution in [3.63, 3.8) is 0 Å². The molecule has 1 aromatic carbocycles. The fraction of sp³-hybridized carbons (Fsp3) is 0.389. The average molecular weight is 309 g/mol. The Morgan fingerprint density at radius 1 is 1.30 bits per heavy atom. The van der Waals surface area contributed by atoms with Crippen LogP contribution in [0.2, 0.25) is 0 Å². The van der Waals surface area contributed by atoms with E-state index < -0.39 is 0 Å². The summed E-state index contributed by atoms with van der Waals surface area (Å²) in [4.78, 5) is 24.5. The molecule has 118 valence electrons. The van der Waals surface area contributed by atoms with E-state index in [4.69, 9.17) is 6.42 Å². The van der Waals surface area contributed by atoms with Crippen LogP contribution < -0.4 is 10.9 Å². The molecule has 0 saturated heterocycles. The number of terminal acetylenes is 1. The average Bonchev–Trinajstić information content (AvgIpc) is 3.11. The molecule has 0 spiro atoms. The number of benzene rings is 1. The molecule has 2 aromatic rings. The van der Waals surface area contributed by atoms with Crippen LogP contribution in [0.25, 0.3) is 10.8 Å². The Bertz CT molecular complexity index is 826. The van der Waals surface area contributed by atoms with Gasteiger partial charge in [-0.2, -0.15) is 5.10 Å². The molecule has 1 N–H and O–H groups in total. The third kappa shape index (κ3) is 3.11. The minimum Gasteiger partial charge on any atom is -0.350 e. The van der Waals surface area contributed by atoms with Crippen LogP contribution in [-0.4, -0.2) is 15.7 Å². The Morgan fingerprint density at radius 3 is 2.70 bits per heavy atom. The van der Waals surface area contributed by atoms with Gasteiger partial charge in [0, 0.05) is 11.3 Å². The van der Waals surface area contributed by atoms with E-state index in [0.717, 1.165) is 31.1 Å². The Labute approximate surface area is 134 Å². The van der Waals surface area contributed by atoms with E-state index in [1.54, 1.807) is 6.07 Å². The highest BCUT2D eigenvalue weighted by Gasteiger charge is 2.22. The first-order valence-corrected chi connectivity index (χ1v) is 7.90. The number of amides is 1. The molecule has 0 radical (unpaired) electrons. The largest absolute Gasteiger partial charge is 0.350 e. The zero-order chi connectivity index (χ0) is 16.2. The van der Waals surface area contributed by atoms with E-state index in [0.29, 0.717) is 17.6 Å². The first-order valence-electron chi connectivity index (χ1n) is 7.90. The number of hydrogen-bond acceptors (Lipinski definition) is 3. The molecule has 1 amide bonds. The fourth-order valence-electron chi connectivity index (χ4n) is 3.13. The molecule has 1 aromatic heterocycles. The van der Waals surface area contributed by atoms with Crippen LogP contribution in [-0.2, 0) is 17.9 Å². The predicted octanol–water partition coefficient (Wildman–Crippen LogP) is 1.84. The van der Waals surface area contributed by atoms with Crippen molar-refractivity contribution in [1.82, 2.24) is 15.1 Å². The van der Waals surface area contributed by atoms with E-state index in [1.807, 2.05) is 18.2 Å². The number of aromatic nitrogens is 2. The van der Waals surface area contributed by atoms with E-state index in [1.165, 1.54) is 4.68 Å². The summed E-state index contributed by atoms with van der Waals surface area (Å²) in [5.41, 5.74) is 0.464. The molecule has 1 aliphatic carbocycles. The Morgan fingerprint density at radius 2 is 2.00 bits per heavy atom. The van der Waals surface area contributed by atoms with E-state index in [2.05, 4.69) is 16.3 Å². The van der Waals surface area contributed by atoms with Crippen LogP contribution in [0.1, 0.15) is 31.4 Å². The van der Waals surface area contributed by atoms with Gasteiger partial charge >= 0.3 is 0 Å². The summed E-state index contributed by atoms with van der Waals surface area (Å²) < 4.78 is 1.28. The fourth-order valence-corrected chi connectivity index (χ4v) is 3.13. The maximum Gasteiger partial charge on any atom is 0.275 e. The van der Waals surface area contributed by atoms with Crippen molar-refractivity contribution in [2.24, 2.45) is 5.92 Å². The molecule has 1 fully saturated rings. The summed E-state index contributed by atoms with van der Waals surface area (Å²) in [7, 11) is 0.